The summed E-state index contributed by atoms with van der Waals surface area (Å²) in [4.78, 5) is 11.1. The SMILES string of the molecule is CCCCC(=O)CC(C)(C)N. The summed E-state index contributed by atoms with van der Waals surface area (Å²) in [6.45, 7) is 5.86. The first kappa shape index (κ1) is 10.6. The van der Waals surface area contributed by atoms with E-state index in [2.05, 4.69) is 6.92 Å². The third kappa shape index (κ3) is 7.53. The molecule has 0 fully saturated rings. The highest BCUT2D eigenvalue weighted by atomic mass is 16.1. The zero-order chi connectivity index (χ0) is 8.91. The molecule has 11 heavy (non-hydrogen) atoms. The van der Waals surface area contributed by atoms with Gasteiger partial charge < -0.3 is 5.73 Å². The van der Waals surface area contributed by atoms with Crippen molar-refractivity contribution in [3.63, 3.8) is 0 Å². The van der Waals surface area contributed by atoms with Crippen LogP contribution in [0.3, 0.4) is 0 Å². The molecule has 0 rings (SSSR count). The summed E-state index contributed by atoms with van der Waals surface area (Å²) in [6.07, 6.45) is 3.27. The first-order chi connectivity index (χ1) is 4.95. The van der Waals surface area contributed by atoms with Gasteiger partial charge in [0.2, 0.25) is 0 Å². The molecule has 0 saturated carbocycles. The predicted octanol–water partition coefficient (Wildman–Crippen LogP) is 1.87. The third-order valence-electron chi connectivity index (χ3n) is 1.46. The number of hydrogen-bond acceptors (Lipinski definition) is 2. The average molecular weight is 157 g/mol. The average Bonchev–Trinajstić information content (AvgIpc) is 1.79. The molecule has 0 spiro atoms. The highest BCUT2D eigenvalue weighted by molar-refractivity contribution is 5.79. The van der Waals surface area contributed by atoms with Gasteiger partial charge in [0.05, 0.1) is 0 Å². The Morgan fingerprint density at radius 3 is 2.36 bits per heavy atom. The molecule has 2 heteroatoms. The number of hydrogen-bond donors (Lipinski definition) is 1. The van der Waals surface area contributed by atoms with E-state index in [9.17, 15) is 4.79 Å². The van der Waals surface area contributed by atoms with E-state index in [1.807, 2.05) is 13.8 Å². The van der Waals surface area contributed by atoms with Gasteiger partial charge in [0.25, 0.3) is 0 Å². The fourth-order valence-corrected chi connectivity index (χ4v) is 0.971. The lowest BCUT2D eigenvalue weighted by Gasteiger charge is -2.16. The van der Waals surface area contributed by atoms with E-state index < -0.39 is 0 Å². The molecule has 0 amide bonds. The molecule has 2 nitrogen and oxygen atoms in total. The molecule has 0 aromatic heterocycles. The quantitative estimate of drug-likeness (QED) is 0.662. The summed E-state index contributed by atoms with van der Waals surface area (Å²) in [7, 11) is 0. The van der Waals surface area contributed by atoms with Crippen molar-refractivity contribution in [1.29, 1.82) is 0 Å². The maximum Gasteiger partial charge on any atom is 0.134 e. The molecule has 2 N–H and O–H groups in total. The van der Waals surface area contributed by atoms with Crippen LogP contribution in [0.25, 0.3) is 0 Å². The van der Waals surface area contributed by atoms with Gasteiger partial charge in [-0.2, -0.15) is 0 Å². The number of carbonyl (C=O) groups is 1. The van der Waals surface area contributed by atoms with Gasteiger partial charge in [-0.1, -0.05) is 13.3 Å². The fourth-order valence-electron chi connectivity index (χ4n) is 0.971. The van der Waals surface area contributed by atoms with Crippen LogP contribution in [0.4, 0.5) is 0 Å². The lowest BCUT2D eigenvalue weighted by Crippen LogP contribution is -2.34. The largest absolute Gasteiger partial charge is 0.325 e. The molecule has 0 saturated heterocycles. The summed E-state index contributed by atoms with van der Waals surface area (Å²) in [5.74, 6) is 0.291. The molecule has 0 aromatic rings. The monoisotopic (exact) mass is 157 g/mol. The molecule has 0 bridgehead atoms. The number of Topliss-reactive ketones (excluding diaryl/α,β-unsaturated/α-hetero) is 1. The van der Waals surface area contributed by atoms with Gasteiger partial charge in [-0.3, -0.25) is 4.79 Å². The predicted molar refractivity (Wildman–Crippen MR) is 47.4 cm³/mol. The highest BCUT2D eigenvalue weighted by Gasteiger charge is 2.15. The molecular weight excluding hydrogens is 138 g/mol. The van der Waals surface area contributed by atoms with Gasteiger partial charge in [-0.05, 0) is 20.3 Å². The Morgan fingerprint density at radius 1 is 1.45 bits per heavy atom. The summed E-state index contributed by atoms with van der Waals surface area (Å²) in [6, 6.07) is 0. The minimum atomic E-state index is -0.329. The number of nitrogens with two attached hydrogens (primary N) is 1. The van der Waals surface area contributed by atoms with Crippen molar-refractivity contribution < 1.29 is 4.79 Å². The third-order valence-corrected chi connectivity index (χ3v) is 1.46. The van der Waals surface area contributed by atoms with E-state index >= 15 is 0 Å². The van der Waals surface area contributed by atoms with Crippen LogP contribution in [0.15, 0.2) is 0 Å². The van der Waals surface area contributed by atoms with Crippen LogP contribution in [0.1, 0.15) is 46.5 Å². The van der Waals surface area contributed by atoms with Crippen LogP contribution >= 0.6 is 0 Å². The summed E-state index contributed by atoms with van der Waals surface area (Å²) >= 11 is 0. The van der Waals surface area contributed by atoms with E-state index in [1.165, 1.54) is 0 Å². The van der Waals surface area contributed by atoms with E-state index in [0.29, 0.717) is 18.6 Å². The van der Waals surface area contributed by atoms with E-state index in [0.717, 1.165) is 12.8 Å². The number of carbonyl (C=O) groups excluding carboxylic acids is 1. The van der Waals surface area contributed by atoms with Crippen molar-refractivity contribution in [3.05, 3.63) is 0 Å². The number of rotatable bonds is 5. The Morgan fingerprint density at radius 2 is 2.00 bits per heavy atom. The first-order valence-electron chi connectivity index (χ1n) is 4.26. The van der Waals surface area contributed by atoms with Crippen LogP contribution in [0, 0.1) is 0 Å². The van der Waals surface area contributed by atoms with Crippen molar-refractivity contribution >= 4 is 5.78 Å². The second-order valence-corrected chi connectivity index (χ2v) is 3.81. The molecule has 0 radical (unpaired) electrons. The Hall–Kier alpha value is -0.370. The highest BCUT2D eigenvalue weighted by Crippen LogP contribution is 2.07. The molecule has 0 aliphatic carbocycles. The zero-order valence-electron chi connectivity index (χ0n) is 7.81. The second-order valence-electron chi connectivity index (χ2n) is 3.81. The van der Waals surface area contributed by atoms with Gasteiger partial charge in [0.1, 0.15) is 5.78 Å². The minimum Gasteiger partial charge on any atom is -0.325 e. The normalized spacial score (nSPS) is 11.6. The van der Waals surface area contributed by atoms with Gasteiger partial charge in [0, 0.05) is 18.4 Å². The van der Waals surface area contributed by atoms with Crippen molar-refractivity contribution in [2.45, 2.75) is 52.0 Å². The van der Waals surface area contributed by atoms with Gasteiger partial charge in [-0.15, -0.1) is 0 Å². The Kier molecular flexibility index (Phi) is 4.34. The van der Waals surface area contributed by atoms with E-state index in [4.69, 9.17) is 5.73 Å². The fraction of sp³-hybridized carbons (Fsp3) is 0.889. The van der Waals surface area contributed by atoms with Crippen LogP contribution in [-0.2, 0) is 4.79 Å². The minimum absolute atomic E-state index is 0.291. The lowest BCUT2D eigenvalue weighted by atomic mass is 9.97. The lowest BCUT2D eigenvalue weighted by molar-refractivity contribution is -0.120. The summed E-state index contributed by atoms with van der Waals surface area (Å²) in [5, 5.41) is 0. The standard InChI is InChI=1S/C9H19NO/c1-4-5-6-8(11)7-9(2,3)10/h4-7,10H2,1-3H3. The molecule has 0 atom stereocenters. The molecule has 66 valence electrons. The Bertz CT molecular complexity index is 124. The van der Waals surface area contributed by atoms with Crippen LogP contribution in [-0.4, -0.2) is 11.3 Å². The molecular formula is C9H19NO. The smallest absolute Gasteiger partial charge is 0.134 e. The molecule has 0 heterocycles. The van der Waals surface area contributed by atoms with E-state index in [1.54, 1.807) is 0 Å². The van der Waals surface area contributed by atoms with Gasteiger partial charge >= 0.3 is 0 Å². The topological polar surface area (TPSA) is 43.1 Å². The maximum atomic E-state index is 11.1. The van der Waals surface area contributed by atoms with E-state index in [-0.39, 0.29) is 5.54 Å². The Balaban J connectivity index is 3.53. The van der Waals surface area contributed by atoms with Crippen LogP contribution in [0.5, 0.6) is 0 Å². The number of ketones is 1. The molecule has 0 aliphatic rings. The molecule has 0 aromatic carbocycles. The second kappa shape index (κ2) is 4.50. The molecule has 0 aliphatic heterocycles. The Labute approximate surface area is 69.2 Å². The first-order valence-corrected chi connectivity index (χ1v) is 4.26. The van der Waals surface area contributed by atoms with Gasteiger partial charge in [0.15, 0.2) is 0 Å². The van der Waals surface area contributed by atoms with Crippen molar-refractivity contribution in [1.82, 2.24) is 0 Å². The maximum absolute atomic E-state index is 11.1. The zero-order valence-corrected chi connectivity index (χ0v) is 7.81. The number of unbranched alkanes of at least 4 members (excludes halogenated alkanes) is 1. The van der Waals surface area contributed by atoms with Crippen molar-refractivity contribution in [2.24, 2.45) is 5.73 Å². The summed E-state index contributed by atoms with van der Waals surface area (Å²) < 4.78 is 0. The van der Waals surface area contributed by atoms with Crippen LogP contribution < -0.4 is 5.73 Å². The summed E-state index contributed by atoms with van der Waals surface area (Å²) in [5.41, 5.74) is 5.36. The van der Waals surface area contributed by atoms with Crippen molar-refractivity contribution in [3.8, 4) is 0 Å². The van der Waals surface area contributed by atoms with Crippen LogP contribution in [0.2, 0.25) is 0 Å². The van der Waals surface area contributed by atoms with Crippen molar-refractivity contribution in [2.75, 3.05) is 0 Å². The molecule has 0 unspecified atom stereocenters. The van der Waals surface area contributed by atoms with Gasteiger partial charge in [-0.25, -0.2) is 0 Å².